The average Bonchev–Trinajstić information content (AvgIpc) is 3.11. The molecule has 0 aliphatic carbocycles. The zero-order valence-electron chi connectivity index (χ0n) is 14.1. The smallest absolute Gasteiger partial charge is 0.140 e. The summed E-state index contributed by atoms with van der Waals surface area (Å²) in [5, 5.41) is 1.01. The van der Waals surface area contributed by atoms with Crippen LogP contribution in [0.2, 0.25) is 15.1 Å². The molecule has 1 heterocycles. The summed E-state index contributed by atoms with van der Waals surface area (Å²) in [4.78, 5) is 7.86. The molecule has 0 aliphatic heterocycles. The van der Waals surface area contributed by atoms with Crippen molar-refractivity contribution in [3.63, 3.8) is 0 Å². The van der Waals surface area contributed by atoms with E-state index < -0.39 is 0 Å². The summed E-state index contributed by atoms with van der Waals surface area (Å²) in [5.41, 5.74) is 3.12. The van der Waals surface area contributed by atoms with Crippen LogP contribution in [0.3, 0.4) is 0 Å². The highest BCUT2D eigenvalue weighted by atomic mass is 35.5. The maximum absolute atomic E-state index is 13.4. The second-order valence-electron chi connectivity index (χ2n) is 6.07. The zero-order chi connectivity index (χ0) is 19.8. The third kappa shape index (κ3) is 3.63. The van der Waals surface area contributed by atoms with Gasteiger partial charge in [0.25, 0.3) is 0 Å². The van der Waals surface area contributed by atoms with Gasteiger partial charge in [-0.3, -0.25) is 0 Å². The molecule has 0 atom stereocenters. The van der Waals surface area contributed by atoms with Crippen molar-refractivity contribution in [3.8, 4) is 33.9 Å². The van der Waals surface area contributed by atoms with Crippen molar-refractivity contribution >= 4 is 34.8 Å². The van der Waals surface area contributed by atoms with Crippen molar-refractivity contribution in [1.82, 2.24) is 9.97 Å². The third-order valence-electron chi connectivity index (χ3n) is 4.20. The third-order valence-corrected chi connectivity index (χ3v) is 5.22. The van der Waals surface area contributed by atoms with Gasteiger partial charge in [0.1, 0.15) is 17.5 Å². The first-order valence-electron chi connectivity index (χ1n) is 8.19. The van der Waals surface area contributed by atoms with E-state index in [1.165, 1.54) is 24.3 Å². The monoisotopic (exact) mass is 434 g/mol. The number of benzene rings is 3. The van der Waals surface area contributed by atoms with Crippen LogP contribution in [-0.4, -0.2) is 9.97 Å². The van der Waals surface area contributed by atoms with E-state index in [0.29, 0.717) is 49.0 Å². The Hall–Kier alpha value is -2.40. The lowest BCUT2D eigenvalue weighted by atomic mass is 10.1. The van der Waals surface area contributed by atoms with Gasteiger partial charge in [-0.1, -0.05) is 34.8 Å². The van der Waals surface area contributed by atoms with Crippen LogP contribution in [0.5, 0.6) is 0 Å². The minimum Gasteiger partial charge on any atom is -0.337 e. The molecule has 0 aliphatic rings. The molecule has 1 N–H and O–H groups in total. The number of nitrogens with zero attached hydrogens (tertiary/aromatic N) is 1. The zero-order valence-corrected chi connectivity index (χ0v) is 16.4. The van der Waals surface area contributed by atoms with Crippen molar-refractivity contribution in [2.24, 2.45) is 0 Å². The number of aromatic amines is 1. The van der Waals surface area contributed by atoms with Crippen LogP contribution in [0, 0.1) is 11.6 Å². The minimum absolute atomic E-state index is 0.298. The fraction of sp³-hybridized carbons (Fsp3) is 0. The summed E-state index contributed by atoms with van der Waals surface area (Å²) < 4.78 is 26.7. The molecule has 4 rings (SSSR count). The van der Waals surface area contributed by atoms with E-state index in [2.05, 4.69) is 9.97 Å². The van der Waals surface area contributed by atoms with Crippen LogP contribution >= 0.6 is 34.8 Å². The molecule has 140 valence electrons. The number of aromatic nitrogens is 2. The van der Waals surface area contributed by atoms with E-state index in [-0.39, 0.29) is 11.6 Å². The Morgan fingerprint density at radius 3 is 1.93 bits per heavy atom. The lowest BCUT2D eigenvalue weighted by molar-refractivity contribution is 0.627. The Bertz CT molecular complexity index is 1090. The van der Waals surface area contributed by atoms with Crippen LogP contribution in [0.15, 0.2) is 60.7 Å². The number of halogens is 5. The van der Waals surface area contributed by atoms with Gasteiger partial charge in [-0.15, -0.1) is 0 Å². The highest BCUT2D eigenvalue weighted by molar-refractivity contribution is 6.45. The molecule has 0 fully saturated rings. The van der Waals surface area contributed by atoms with Gasteiger partial charge in [-0.05, 0) is 60.7 Å². The number of rotatable bonds is 3. The molecule has 0 amide bonds. The molecule has 3 aromatic carbocycles. The summed E-state index contributed by atoms with van der Waals surface area (Å²) in [6, 6.07) is 15.1. The summed E-state index contributed by atoms with van der Waals surface area (Å²) in [6.07, 6.45) is 0. The normalized spacial score (nSPS) is 11.0. The van der Waals surface area contributed by atoms with Crippen LogP contribution in [0.4, 0.5) is 8.78 Å². The molecule has 0 unspecified atom stereocenters. The van der Waals surface area contributed by atoms with Gasteiger partial charge in [-0.2, -0.15) is 0 Å². The fourth-order valence-electron chi connectivity index (χ4n) is 2.87. The summed E-state index contributed by atoms with van der Waals surface area (Å²) in [6.45, 7) is 0. The Kier molecular flexibility index (Phi) is 5.11. The minimum atomic E-state index is -0.354. The number of imidazole rings is 1. The Morgan fingerprint density at radius 1 is 0.750 bits per heavy atom. The van der Waals surface area contributed by atoms with Gasteiger partial charge < -0.3 is 4.98 Å². The van der Waals surface area contributed by atoms with Gasteiger partial charge in [0.2, 0.25) is 0 Å². The number of hydrogen-bond acceptors (Lipinski definition) is 1. The van der Waals surface area contributed by atoms with E-state index in [9.17, 15) is 8.78 Å². The van der Waals surface area contributed by atoms with E-state index >= 15 is 0 Å². The first-order valence-corrected chi connectivity index (χ1v) is 9.32. The summed E-state index contributed by atoms with van der Waals surface area (Å²) >= 11 is 18.6. The molecule has 0 radical (unpaired) electrons. The van der Waals surface area contributed by atoms with Gasteiger partial charge in [0, 0.05) is 21.7 Å². The Morgan fingerprint density at radius 2 is 1.32 bits per heavy atom. The van der Waals surface area contributed by atoms with Crippen molar-refractivity contribution < 1.29 is 8.78 Å². The van der Waals surface area contributed by atoms with Crippen molar-refractivity contribution in [1.29, 1.82) is 0 Å². The number of nitrogens with one attached hydrogen (secondary N) is 1. The van der Waals surface area contributed by atoms with Crippen LogP contribution in [0.1, 0.15) is 0 Å². The lowest BCUT2D eigenvalue weighted by Crippen LogP contribution is -1.85. The summed E-state index contributed by atoms with van der Waals surface area (Å²) in [5.74, 6) is -0.267. The largest absolute Gasteiger partial charge is 0.337 e. The molecule has 0 saturated heterocycles. The molecular weight excluding hydrogens is 425 g/mol. The number of hydrogen-bond donors (Lipinski definition) is 1. The van der Waals surface area contributed by atoms with Gasteiger partial charge >= 0.3 is 0 Å². The fourth-order valence-corrected chi connectivity index (χ4v) is 3.56. The van der Waals surface area contributed by atoms with Gasteiger partial charge in [0.05, 0.1) is 21.4 Å². The molecule has 28 heavy (non-hydrogen) atoms. The molecule has 0 saturated carbocycles. The highest BCUT2D eigenvalue weighted by Crippen LogP contribution is 2.39. The van der Waals surface area contributed by atoms with E-state index in [1.807, 2.05) is 0 Å². The molecule has 2 nitrogen and oxygen atoms in total. The second kappa shape index (κ2) is 7.55. The lowest BCUT2D eigenvalue weighted by Gasteiger charge is -2.04. The quantitative estimate of drug-likeness (QED) is 0.329. The molecule has 4 aromatic rings. The first-order chi connectivity index (χ1) is 13.4. The van der Waals surface area contributed by atoms with E-state index in [4.69, 9.17) is 34.8 Å². The van der Waals surface area contributed by atoms with Crippen LogP contribution in [-0.2, 0) is 0 Å². The van der Waals surface area contributed by atoms with Crippen molar-refractivity contribution in [2.75, 3.05) is 0 Å². The van der Waals surface area contributed by atoms with Crippen molar-refractivity contribution in [3.05, 3.63) is 87.4 Å². The van der Waals surface area contributed by atoms with E-state index in [1.54, 1.807) is 36.4 Å². The predicted molar refractivity (Wildman–Crippen MR) is 110 cm³/mol. The van der Waals surface area contributed by atoms with Crippen LogP contribution < -0.4 is 0 Å². The molecule has 7 heteroatoms. The number of H-pyrrole nitrogens is 1. The molecule has 1 aromatic heterocycles. The Balaban J connectivity index is 1.94. The SMILES string of the molecule is Fc1ccc(-c2nc(-c3cc(Cl)cc(Cl)c3Cl)[nH]c2-c2ccc(F)cc2)cc1. The highest BCUT2D eigenvalue weighted by Gasteiger charge is 2.18. The van der Waals surface area contributed by atoms with Crippen molar-refractivity contribution in [2.45, 2.75) is 0 Å². The first kappa shape index (κ1) is 18.9. The molecular formula is C21H11Cl3F2N2. The van der Waals surface area contributed by atoms with Crippen LogP contribution in [0.25, 0.3) is 33.9 Å². The van der Waals surface area contributed by atoms with E-state index in [0.717, 1.165) is 0 Å². The Labute approximate surface area is 174 Å². The standard InChI is InChI=1S/C21H11Cl3F2N2/c22-13-9-16(18(24)17(23)10-13)21-27-19(11-1-5-14(25)6-2-11)20(28-21)12-3-7-15(26)8-4-12/h1-10H,(H,27,28). The van der Waals surface area contributed by atoms with Gasteiger partial charge in [0.15, 0.2) is 0 Å². The predicted octanol–water partition coefficient (Wildman–Crippen LogP) is 7.65. The maximum atomic E-state index is 13.4. The topological polar surface area (TPSA) is 28.7 Å². The second-order valence-corrected chi connectivity index (χ2v) is 7.29. The molecule has 0 bridgehead atoms. The molecule has 0 spiro atoms. The van der Waals surface area contributed by atoms with Gasteiger partial charge in [-0.25, -0.2) is 13.8 Å². The summed E-state index contributed by atoms with van der Waals surface area (Å²) in [7, 11) is 0. The average molecular weight is 436 g/mol. The maximum Gasteiger partial charge on any atom is 0.140 e.